The Kier molecular flexibility index (Phi) is 3.41. The van der Waals surface area contributed by atoms with Crippen LogP contribution in [0.5, 0.6) is 0 Å². The van der Waals surface area contributed by atoms with Crippen LogP contribution in [-0.2, 0) is 9.84 Å². The molecule has 0 aliphatic rings. The lowest BCUT2D eigenvalue weighted by molar-refractivity contribution is 0.602. The maximum atomic E-state index is 10.9. The number of anilines is 3. The first kappa shape index (κ1) is 11.6. The van der Waals surface area contributed by atoms with Gasteiger partial charge in [-0.15, -0.1) is 0 Å². The molecule has 0 aliphatic heterocycles. The molecule has 0 atom stereocenters. The second-order valence-electron chi connectivity index (χ2n) is 3.40. The Morgan fingerprint density at radius 3 is 2.47 bits per heavy atom. The number of benzene rings is 1. The lowest BCUT2D eigenvalue weighted by Crippen LogP contribution is -2.14. The van der Waals surface area contributed by atoms with Gasteiger partial charge in [0.25, 0.3) is 0 Å². The van der Waals surface area contributed by atoms with Gasteiger partial charge in [0, 0.05) is 18.5 Å². The van der Waals surface area contributed by atoms with Gasteiger partial charge in [0.15, 0.2) is 0 Å². The summed E-state index contributed by atoms with van der Waals surface area (Å²) in [6.07, 6.45) is 1.20. The molecule has 0 saturated carbocycles. The Morgan fingerprint density at radius 2 is 1.93 bits per heavy atom. The highest BCUT2D eigenvalue weighted by molar-refractivity contribution is 7.90. The fraction of sp³-hybridized carbons (Fsp3) is 0.333. The summed E-state index contributed by atoms with van der Waals surface area (Å²) in [6.45, 7) is 0.363. The molecule has 0 heterocycles. The van der Waals surface area contributed by atoms with Crippen molar-refractivity contribution in [2.75, 3.05) is 35.3 Å². The van der Waals surface area contributed by atoms with E-state index in [-0.39, 0.29) is 5.75 Å². The molecule has 0 bridgehead atoms. The molecule has 15 heavy (non-hydrogen) atoms. The zero-order valence-corrected chi connectivity index (χ0v) is 9.34. The zero-order chi connectivity index (χ0) is 11.5. The number of hydrogen-bond donors (Lipinski definition) is 3. The average molecular weight is 229 g/mol. The Hall–Kier alpha value is -1.43. The van der Waals surface area contributed by atoms with Crippen molar-refractivity contribution in [1.29, 1.82) is 0 Å². The molecule has 0 spiro atoms. The summed E-state index contributed by atoms with van der Waals surface area (Å²) in [5, 5.41) is 2.95. The van der Waals surface area contributed by atoms with E-state index >= 15 is 0 Å². The van der Waals surface area contributed by atoms with Crippen LogP contribution in [0.15, 0.2) is 18.2 Å². The molecule has 0 unspecified atom stereocenters. The molecule has 1 aromatic carbocycles. The van der Waals surface area contributed by atoms with Gasteiger partial charge < -0.3 is 16.8 Å². The summed E-state index contributed by atoms with van der Waals surface area (Å²) in [7, 11) is -2.93. The van der Waals surface area contributed by atoms with E-state index in [1.54, 1.807) is 18.2 Å². The third-order valence-electron chi connectivity index (χ3n) is 1.89. The van der Waals surface area contributed by atoms with Crippen LogP contribution in [0.25, 0.3) is 0 Å². The van der Waals surface area contributed by atoms with Crippen molar-refractivity contribution in [2.45, 2.75) is 0 Å². The molecule has 0 aliphatic carbocycles. The van der Waals surface area contributed by atoms with Gasteiger partial charge in [-0.25, -0.2) is 8.42 Å². The van der Waals surface area contributed by atoms with Crippen molar-refractivity contribution >= 4 is 26.9 Å². The van der Waals surface area contributed by atoms with E-state index in [9.17, 15) is 8.42 Å². The lowest BCUT2D eigenvalue weighted by atomic mass is 10.2. The van der Waals surface area contributed by atoms with Gasteiger partial charge in [-0.1, -0.05) is 0 Å². The van der Waals surface area contributed by atoms with Gasteiger partial charge in [0.2, 0.25) is 0 Å². The maximum absolute atomic E-state index is 10.9. The Bertz CT molecular complexity index is 443. The standard InChI is InChI=1S/C9H15N3O2S/c1-15(13,14)5-4-12-7-2-3-8(10)9(11)6-7/h2-3,6,12H,4-5,10-11H2,1H3. The molecule has 0 fully saturated rings. The van der Waals surface area contributed by atoms with E-state index < -0.39 is 9.84 Å². The minimum absolute atomic E-state index is 0.0945. The quantitative estimate of drug-likeness (QED) is 0.645. The van der Waals surface area contributed by atoms with Crippen molar-refractivity contribution in [2.24, 2.45) is 0 Å². The van der Waals surface area contributed by atoms with Gasteiger partial charge in [-0.2, -0.15) is 0 Å². The largest absolute Gasteiger partial charge is 0.397 e. The van der Waals surface area contributed by atoms with Crippen molar-refractivity contribution < 1.29 is 8.42 Å². The summed E-state index contributed by atoms with van der Waals surface area (Å²) in [6, 6.07) is 5.11. The number of nitrogens with one attached hydrogen (secondary N) is 1. The van der Waals surface area contributed by atoms with Crippen molar-refractivity contribution in [3.63, 3.8) is 0 Å². The smallest absolute Gasteiger partial charge is 0.149 e. The van der Waals surface area contributed by atoms with Crippen molar-refractivity contribution in [1.82, 2.24) is 0 Å². The first-order valence-corrected chi connectivity index (χ1v) is 6.51. The van der Waals surface area contributed by atoms with Gasteiger partial charge in [0.05, 0.1) is 17.1 Å². The van der Waals surface area contributed by atoms with Crippen LogP contribution < -0.4 is 16.8 Å². The van der Waals surface area contributed by atoms with Crippen LogP contribution in [0.2, 0.25) is 0 Å². The molecule has 6 heteroatoms. The molecule has 5 nitrogen and oxygen atoms in total. The Morgan fingerprint density at radius 1 is 1.27 bits per heavy atom. The topological polar surface area (TPSA) is 98.2 Å². The lowest BCUT2D eigenvalue weighted by Gasteiger charge is -2.07. The van der Waals surface area contributed by atoms with Gasteiger partial charge in [-0.05, 0) is 18.2 Å². The fourth-order valence-corrected chi connectivity index (χ4v) is 1.54. The minimum atomic E-state index is -2.93. The number of nitrogens with two attached hydrogens (primary N) is 2. The Labute approximate surface area is 89.4 Å². The summed E-state index contributed by atoms with van der Waals surface area (Å²) in [5.41, 5.74) is 12.9. The number of sulfone groups is 1. The SMILES string of the molecule is CS(=O)(=O)CCNc1ccc(N)c(N)c1. The predicted molar refractivity (Wildman–Crippen MR) is 63.5 cm³/mol. The van der Waals surface area contributed by atoms with Gasteiger partial charge in [0.1, 0.15) is 9.84 Å². The van der Waals surface area contributed by atoms with Crippen molar-refractivity contribution in [3.05, 3.63) is 18.2 Å². The molecule has 1 rings (SSSR count). The number of rotatable bonds is 4. The van der Waals surface area contributed by atoms with E-state index in [1.165, 1.54) is 6.26 Å². The minimum Gasteiger partial charge on any atom is -0.397 e. The molecule has 0 amide bonds. The van der Waals surface area contributed by atoms with Crippen LogP contribution in [0.3, 0.4) is 0 Å². The highest BCUT2D eigenvalue weighted by Gasteiger charge is 2.01. The molecular weight excluding hydrogens is 214 g/mol. The summed E-state index contributed by atoms with van der Waals surface area (Å²) in [5.74, 6) is 0.0945. The van der Waals surface area contributed by atoms with Crippen LogP contribution in [-0.4, -0.2) is 27.0 Å². The van der Waals surface area contributed by atoms with E-state index in [0.717, 1.165) is 5.69 Å². The summed E-state index contributed by atoms with van der Waals surface area (Å²) in [4.78, 5) is 0. The highest BCUT2D eigenvalue weighted by Crippen LogP contribution is 2.19. The van der Waals surface area contributed by atoms with Crippen LogP contribution in [0, 0.1) is 0 Å². The maximum Gasteiger partial charge on any atom is 0.149 e. The predicted octanol–water partition coefficient (Wildman–Crippen LogP) is 0.307. The highest BCUT2D eigenvalue weighted by atomic mass is 32.2. The molecule has 1 aromatic rings. The summed E-state index contributed by atoms with van der Waals surface area (Å²) >= 11 is 0. The van der Waals surface area contributed by atoms with Crippen LogP contribution in [0.4, 0.5) is 17.1 Å². The number of hydrogen-bond acceptors (Lipinski definition) is 5. The second-order valence-corrected chi connectivity index (χ2v) is 5.66. The monoisotopic (exact) mass is 229 g/mol. The third kappa shape index (κ3) is 4.07. The molecule has 0 radical (unpaired) electrons. The molecule has 84 valence electrons. The average Bonchev–Trinajstić information content (AvgIpc) is 2.09. The zero-order valence-electron chi connectivity index (χ0n) is 8.53. The Balaban J connectivity index is 2.55. The van der Waals surface area contributed by atoms with Crippen LogP contribution >= 0.6 is 0 Å². The van der Waals surface area contributed by atoms with E-state index in [1.807, 2.05) is 0 Å². The molecular formula is C9H15N3O2S. The van der Waals surface area contributed by atoms with Gasteiger partial charge in [-0.3, -0.25) is 0 Å². The van der Waals surface area contributed by atoms with Crippen LogP contribution in [0.1, 0.15) is 0 Å². The third-order valence-corrected chi connectivity index (χ3v) is 2.83. The molecule has 5 N–H and O–H groups in total. The van der Waals surface area contributed by atoms with E-state index in [4.69, 9.17) is 11.5 Å². The molecule has 0 aromatic heterocycles. The van der Waals surface area contributed by atoms with E-state index in [0.29, 0.717) is 17.9 Å². The second kappa shape index (κ2) is 4.39. The van der Waals surface area contributed by atoms with Crippen molar-refractivity contribution in [3.8, 4) is 0 Å². The van der Waals surface area contributed by atoms with E-state index in [2.05, 4.69) is 5.32 Å². The normalized spacial score (nSPS) is 11.3. The summed E-state index contributed by atoms with van der Waals surface area (Å²) < 4.78 is 21.7. The molecule has 0 saturated heterocycles. The number of nitrogen functional groups attached to an aromatic ring is 2. The first-order chi connectivity index (χ1) is 6.88. The fourth-order valence-electron chi connectivity index (χ4n) is 1.07. The van der Waals surface area contributed by atoms with Gasteiger partial charge >= 0.3 is 0 Å². The first-order valence-electron chi connectivity index (χ1n) is 4.45.